The SMILES string of the molecule is C=CC(=O)NC1CCN(c2n[nH]c3nccc(-c4ccc(C(C)NC(=O)c5cc(C(C)(C)O)on5)cc4)c23)CC1. The number of benzene rings is 1. The maximum Gasteiger partial charge on any atom is 0.273 e. The molecule has 3 aromatic heterocycles. The lowest BCUT2D eigenvalue weighted by Crippen LogP contribution is -2.44. The third-order valence-electron chi connectivity index (χ3n) is 7.18. The highest BCUT2D eigenvalue weighted by Crippen LogP contribution is 2.35. The summed E-state index contributed by atoms with van der Waals surface area (Å²) in [6.07, 6.45) is 4.69. The number of aromatic amines is 1. The Balaban J connectivity index is 1.31. The largest absolute Gasteiger partial charge is 0.382 e. The van der Waals surface area contributed by atoms with Gasteiger partial charge in [0.15, 0.2) is 22.9 Å². The van der Waals surface area contributed by atoms with Crippen LogP contribution < -0.4 is 15.5 Å². The molecule has 4 aromatic rings. The van der Waals surface area contributed by atoms with Crippen molar-refractivity contribution in [3.63, 3.8) is 0 Å². The van der Waals surface area contributed by atoms with Crippen LogP contribution in [0.4, 0.5) is 5.82 Å². The Kier molecular flexibility index (Phi) is 7.40. The number of hydrogen-bond acceptors (Lipinski definition) is 8. The fraction of sp³-hybridized carbons (Fsp3) is 0.345. The molecule has 208 valence electrons. The first-order valence-electron chi connectivity index (χ1n) is 13.3. The number of piperidine rings is 1. The van der Waals surface area contributed by atoms with Crippen molar-refractivity contribution in [1.29, 1.82) is 0 Å². The number of aromatic nitrogens is 4. The third kappa shape index (κ3) is 5.59. The van der Waals surface area contributed by atoms with Gasteiger partial charge >= 0.3 is 0 Å². The van der Waals surface area contributed by atoms with Crippen molar-refractivity contribution in [2.75, 3.05) is 18.0 Å². The van der Waals surface area contributed by atoms with E-state index in [1.165, 1.54) is 12.1 Å². The van der Waals surface area contributed by atoms with Gasteiger partial charge in [-0.3, -0.25) is 14.7 Å². The average molecular weight is 544 g/mol. The molecule has 11 nitrogen and oxygen atoms in total. The molecule has 0 spiro atoms. The number of pyridine rings is 1. The molecular formula is C29H33N7O4. The van der Waals surface area contributed by atoms with Crippen LogP contribution in [0, 0.1) is 0 Å². The van der Waals surface area contributed by atoms with Gasteiger partial charge < -0.3 is 25.2 Å². The molecule has 0 saturated carbocycles. The molecule has 1 atom stereocenters. The van der Waals surface area contributed by atoms with E-state index in [9.17, 15) is 14.7 Å². The van der Waals surface area contributed by atoms with Gasteiger partial charge in [0.05, 0.1) is 11.4 Å². The van der Waals surface area contributed by atoms with E-state index in [1.807, 2.05) is 37.3 Å². The molecule has 1 aliphatic rings. The molecule has 1 unspecified atom stereocenters. The first-order valence-corrected chi connectivity index (χ1v) is 13.3. The van der Waals surface area contributed by atoms with Gasteiger partial charge in [-0.2, -0.15) is 5.10 Å². The van der Waals surface area contributed by atoms with Crippen LogP contribution in [0.2, 0.25) is 0 Å². The molecule has 0 bridgehead atoms. The molecule has 2 amide bonds. The number of amides is 2. The summed E-state index contributed by atoms with van der Waals surface area (Å²) in [4.78, 5) is 31.1. The second-order valence-electron chi connectivity index (χ2n) is 10.6. The van der Waals surface area contributed by atoms with Gasteiger partial charge in [0.1, 0.15) is 5.60 Å². The number of carbonyl (C=O) groups is 2. The van der Waals surface area contributed by atoms with Gasteiger partial charge in [0.2, 0.25) is 5.91 Å². The highest BCUT2D eigenvalue weighted by Gasteiger charge is 2.26. The Morgan fingerprint density at radius 1 is 1.23 bits per heavy atom. The van der Waals surface area contributed by atoms with Crippen LogP contribution in [-0.4, -0.2) is 56.4 Å². The van der Waals surface area contributed by atoms with E-state index in [0.717, 1.165) is 53.8 Å². The monoisotopic (exact) mass is 543 g/mol. The summed E-state index contributed by atoms with van der Waals surface area (Å²) < 4.78 is 5.11. The summed E-state index contributed by atoms with van der Waals surface area (Å²) in [6.45, 7) is 10.1. The standard InChI is InChI=1S/C29H33N7O4/c1-5-24(37)32-20-11-14-36(15-12-20)27-25-21(10-13-30-26(25)33-34-27)19-8-6-18(7-9-19)17(2)31-28(38)22-16-23(40-35-22)29(3,4)39/h5-10,13,16-17,20,39H,1,11-12,14-15H2,2-4H3,(H,31,38)(H,32,37)(H,30,33,34). The first-order chi connectivity index (χ1) is 19.1. The number of carbonyl (C=O) groups excluding carboxylic acids is 2. The van der Waals surface area contributed by atoms with Gasteiger partial charge in [-0.25, -0.2) is 4.98 Å². The van der Waals surface area contributed by atoms with Gasteiger partial charge in [-0.05, 0) is 62.4 Å². The lowest BCUT2D eigenvalue weighted by molar-refractivity contribution is -0.117. The number of fused-ring (bicyclic) bond motifs is 1. The maximum atomic E-state index is 12.7. The molecule has 11 heteroatoms. The molecule has 1 saturated heterocycles. The van der Waals surface area contributed by atoms with Gasteiger partial charge in [-0.15, -0.1) is 0 Å². The second-order valence-corrected chi connectivity index (χ2v) is 10.6. The van der Waals surface area contributed by atoms with Crippen molar-refractivity contribution in [3.8, 4) is 11.1 Å². The smallest absolute Gasteiger partial charge is 0.273 e. The normalized spacial score (nSPS) is 15.2. The van der Waals surface area contributed by atoms with E-state index < -0.39 is 5.60 Å². The fourth-order valence-corrected chi connectivity index (χ4v) is 4.88. The third-order valence-corrected chi connectivity index (χ3v) is 7.18. The zero-order chi connectivity index (χ0) is 28.4. The molecule has 1 aliphatic heterocycles. The number of nitrogens with zero attached hydrogens (tertiary/aromatic N) is 4. The van der Waals surface area contributed by atoms with Gasteiger partial charge in [0.25, 0.3) is 5.91 Å². The number of anilines is 1. The quantitative estimate of drug-likeness (QED) is 0.246. The average Bonchev–Trinajstić information content (AvgIpc) is 3.62. The molecular weight excluding hydrogens is 510 g/mol. The van der Waals surface area contributed by atoms with Gasteiger partial charge in [-0.1, -0.05) is 36.0 Å². The molecule has 1 fully saturated rings. The molecule has 1 aromatic carbocycles. The Hall–Kier alpha value is -4.51. The molecule has 0 aliphatic carbocycles. The van der Waals surface area contributed by atoms with E-state index in [-0.39, 0.29) is 35.4 Å². The number of rotatable bonds is 8. The van der Waals surface area contributed by atoms with E-state index in [1.54, 1.807) is 20.0 Å². The van der Waals surface area contributed by atoms with E-state index >= 15 is 0 Å². The van der Waals surface area contributed by atoms with E-state index in [0.29, 0.717) is 5.65 Å². The summed E-state index contributed by atoms with van der Waals surface area (Å²) >= 11 is 0. The van der Waals surface area contributed by atoms with Crippen LogP contribution in [-0.2, 0) is 10.4 Å². The van der Waals surface area contributed by atoms with E-state index in [2.05, 4.69) is 42.5 Å². The molecule has 4 heterocycles. The number of nitrogens with one attached hydrogen (secondary N) is 3. The highest BCUT2D eigenvalue weighted by atomic mass is 16.5. The van der Waals surface area contributed by atoms with Crippen molar-refractivity contribution in [1.82, 2.24) is 31.0 Å². The number of hydrogen-bond donors (Lipinski definition) is 4. The van der Waals surface area contributed by atoms with Crippen molar-refractivity contribution in [2.45, 2.75) is 51.3 Å². The van der Waals surface area contributed by atoms with Crippen LogP contribution in [0.1, 0.15) is 61.5 Å². The predicted octanol–water partition coefficient (Wildman–Crippen LogP) is 3.60. The highest BCUT2D eigenvalue weighted by molar-refractivity contribution is 6.00. The minimum atomic E-state index is -1.22. The lowest BCUT2D eigenvalue weighted by Gasteiger charge is -2.32. The summed E-state index contributed by atoms with van der Waals surface area (Å²) in [5.41, 5.74) is 2.51. The Labute approximate surface area is 231 Å². The fourth-order valence-electron chi connectivity index (χ4n) is 4.88. The van der Waals surface area contributed by atoms with E-state index in [4.69, 9.17) is 4.52 Å². The zero-order valence-corrected chi connectivity index (χ0v) is 22.8. The predicted molar refractivity (Wildman–Crippen MR) is 151 cm³/mol. The van der Waals surface area contributed by atoms with Crippen molar-refractivity contribution >= 4 is 28.7 Å². The second kappa shape index (κ2) is 10.9. The minimum absolute atomic E-state index is 0.111. The maximum absolute atomic E-state index is 12.7. The number of H-pyrrole nitrogens is 1. The van der Waals surface area contributed by atoms with Crippen molar-refractivity contribution in [2.24, 2.45) is 0 Å². The summed E-state index contributed by atoms with van der Waals surface area (Å²) in [6, 6.07) is 11.2. The first kappa shape index (κ1) is 27.1. The molecule has 5 rings (SSSR count). The van der Waals surface area contributed by atoms with Crippen LogP contribution >= 0.6 is 0 Å². The van der Waals surface area contributed by atoms with Crippen LogP contribution in [0.25, 0.3) is 22.2 Å². The van der Waals surface area contributed by atoms with Crippen molar-refractivity contribution < 1.29 is 19.2 Å². The van der Waals surface area contributed by atoms with Gasteiger partial charge in [0, 0.05) is 31.4 Å². The van der Waals surface area contributed by atoms with Crippen molar-refractivity contribution in [3.05, 3.63) is 72.3 Å². The Morgan fingerprint density at radius 2 is 1.95 bits per heavy atom. The van der Waals surface area contributed by atoms with Crippen LogP contribution in [0.3, 0.4) is 0 Å². The Morgan fingerprint density at radius 3 is 2.60 bits per heavy atom. The topological polar surface area (TPSA) is 149 Å². The molecule has 40 heavy (non-hydrogen) atoms. The summed E-state index contributed by atoms with van der Waals surface area (Å²) in [5, 5.41) is 28.4. The van der Waals surface area contributed by atoms with Crippen LogP contribution in [0.5, 0.6) is 0 Å². The van der Waals surface area contributed by atoms with Crippen LogP contribution in [0.15, 0.2) is 59.8 Å². The summed E-state index contributed by atoms with van der Waals surface area (Å²) in [7, 11) is 0. The molecule has 0 radical (unpaired) electrons. The summed E-state index contributed by atoms with van der Waals surface area (Å²) in [5.74, 6) is 0.531. The molecule has 4 N–H and O–H groups in total. The number of aliphatic hydroxyl groups is 1. The minimum Gasteiger partial charge on any atom is -0.382 e. The Bertz CT molecular complexity index is 1530. The lowest BCUT2D eigenvalue weighted by atomic mass is 9.99. The zero-order valence-electron chi connectivity index (χ0n) is 22.8.